The number of hydrogen-bond donors (Lipinski definition) is 2. The summed E-state index contributed by atoms with van der Waals surface area (Å²) in [6, 6.07) is 11.2. The fourth-order valence-corrected chi connectivity index (χ4v) is 2.87. The van der Waals surface area contributed by atoms with E-state index in [1.807, 2.05) is 24.3 Å². The normalized spacial score (nSPS) is 10.8. The number of aliphatic hydroxyl groups excluding tert-OH is 1. The van der Waals surface area contributed by atoms with Crippen LogP contribution in [0.4, 0.5) is 11.5 Å². The Kier molecular flexibility index (Phi) is 5.00. The van der Waals surface area contributed by atoms with Gasteiger partial charge in [0.2, 0.25) is 0 Å². The lowest BCUT2D eigenvalue weighted by molar-refractivity contribution is 0.280. The van der Waals surface area contributed by atoms with Crippen LogP contribution < -0.4 is 15.6 Å². The summed E-state index contributed by atoms with van der Waals surface area (Å²) in [5, 5.41) is 12.8. The minimum atomic E-state index is -0.394. The van der Waals surface area contributed by atoms with Gasteiger partial charge in [0.1, 0.15) is 17.2 Å². The standard InChI is InChI=1S/C17H16IN3O3/c1-24-13-5-6-21-15(8-13)20-16(14(10-22)17(21)23)19-12-4-2-3-11(7-12)9-18/h2-8,19,22H,9-10H2,1H3. The van der Waals surface area contributed by atoms with Crippen molar-refractivity contribution >= 4 is 39.7 Å². The number of hydrogen-bond acceptors (Lipinski definition) is 5. The van der Waals surface area contributed by atoms with Crippen molar-refractivity contribution in [2.75, 3.05) is 12.4 Å². The molecule has 3 rings (SSSR count). The van der Waals surface area contributed by atoms with Gasteiger partial charge in [0.15, 0.2) is 0 Å². The average Bonchev–Trinajstić information content (AvgIpc) is 2.61. The number of alkyl halides is 1. The van der Waals surface area contributed by atoms with E-state index in [0.717, 1.165) is 15.7 Å². The van der Waals surface area contributed by atoms with Gasteiger partial charge in [-0.2, -0.15) is 0 Å². The van der Waals surface area contributed by atoms with Gasteiger partial charge in [0, 0.05) is 22.4 Å². The highest BCUT2D eigenvalue weighted by atomic mass is 127. The number of rotatable bonds is 5. The van der Waals surface area contributed by atoms with Crippen molar-refractivity contribution in [1.29, 1.82) is 0 Å². The molecule has 0 aliphatic heterocycles. The fourth-order valence-electron chi connectivity index (χ4n) is 2.40. The van der Waals surface area contributed by atoms with Crippen molar-refractivity contribution in [2.24, 2.45) is 0 Å². The van der Waals surface area contributed by atoms with Crippen LogP contribution in [0.1, 0.15) is 11.1 Å². The van der Waals surface area contributed by atoms with Crippen molar-refractivity contribution in [3.05, 3.63) is 64.1 Å². The van der Waals surface area contributed by atoms with Crippen LogP contribution in [0, 0.1) is 0 Å². The number of anilines is 2. The fraction of sp³-hybridized carbons (Fsp3) is 0.176. The number of aromatic nitrogens is 2. The first kappa shape index (κ1) is 16.7. The molecule has 6 nitrogen and oxygen atoms in total. The van der Waals surface area contributed by atoms with Gasteiger partial charge in [-0.15, -0.1) is 0 Å². The molecule has 2 aromatic heterocycles. The summed E-state index contributed by atoms with van der Waals surface area (Å²) in [7, 11) is 1.56. The Morgan fingerprint density at radius 3 is 2.88 bits per heavy atom. The zero-order valence-electron chi connectivity index (χ0n) is 13.0. The third-order valence-corrected chi connectivity index (χ3v) is 4.51. The Bertz CT molecular complexity index is 940. The average molecular weight is 437 g/mol. The van der Waals surface area contributed by atoms with Crippen molar-refractivity contribution in [2.45, 2.75) is 11.0 Å². The second-order valence-corrected chi connectivity index (χ2v) is 5.92. The first-order valence-corrected chi connectivity index (χ1v) is 8.81. The lowest BCUT2D eigenvalue weighted by Crippen LogP contribution is -2.21. The molecule has 0 aliphatic carbocycles. The molecule has 0 unspecified atom stereocenters. The number of halogens is 1. The molecule has 0 amide bonds. The summed E-state index contributed by atoms with van der Waals surface area (Å²) in [6.45, 7) is -0.394. The van der Waals surface area contributed by atoms with Crippen LogP contribution in [0.5, 0.6) is 5.75 Å². The predicted molar refractivity (Wildman–Crippen MR) is 101 cm³/mol. The lowest BCUT2D eigenvalue weighted by atomic mass is 10.2. The summed E-state index contributed by atoms with van der Waals surface area (Å²) < 4.78 is 7.45. The van der Waals surface area contributed by atoms with E-state index in [2.05, 4.69) is 32.9 Å². The predicted octanol–water partition coefficient (Wildman–Crippen LogP) is 2.87. The third-order valence-electron chi connectivity index (χ3n) is 3.63. The Balaban J connectivity index is 2.13. The summed E-state index contributed by atoms with van der Waals surface area (Å²) >= 11 is 2.29. The molecule has 0 atom stereocenters. The largest absolute Gasteiger partial charge is 0.497 e. The van der Waals surface area contributed by atoms with E-state index in [1.165, 1.54) is 4.40 Å². The summed E-state index contributed by atoms with van der Waals surface area (Å²) in [6.07, 6.45) is 1.59. The van der Waals surface area contributed by atoms with Crippen LogP contribution in [0.25, 0.3) is 5.65 Å². The minimum absolute atomic E-state index is 0.220. The van der Waals surface area contributed by atoms with E-state index >= 15 is 0 Å². The van der Waals surface area contributed by atoms with E-state index in [1.54, 1.807) is 25.4 Å². The topological polar surface area (TPSA) is 75.9 Å². The summed E-state index contributed by atoms with van der Waals surface area (Å²) in [5.41, 5.74) is 2.34. The molecular weight excluding hydrogens is 421 g/mol. The van der Waals surface area contributed by atoms with Crippen molar-refractivity contribution < 1.29 is 9.84 Å². The molecule has 3 aromatic rings. The second kappa shape index (κ2) is 7.18. The third kappa shape index (κ3) is 3.22. The quantitative estimate of drug-likeness (QED) is 0.475. The zero-order chi connectivity index (χ0) is 17.1. The second-order valence-electron chi connectivity index (χ2n) is 5.16. The SMILES string of the molecule is COc1ccn2c(=O)c(CO)c(Nc3cccc(CI)c3)nc2c1. The smallest absolute Gasteiger partial charge is 0.265 e. The van der Waals surface area contributed by atoms with Gasteiger partial charge in [-0.05, 0) is 23.8 Å². The van der Waals surface area contributed by atoms with Gasteiger partial charge in [-0.3, -0.25) is 9.20 Å². The molecule has 24 heavy (non-hydrogen) atoms. The Morgan fingerprint density at radius 2 is 2.17 bits per heavy atom. The molecule has 7 heteroatoms. The molecule has 2 N–H and O–H groups in total. The number of fused-ring (bicyclic) bond motifs is 1. The molecule has 124 valence electrons. The molecule has 0 bridgehead atoms. The van der Waals surface area contributed by atoms with E-state index in [9.17, 15) is 9.90 Å². The van der Waals surface area contributed by atoms with Crippen LogP contribution in [-0.4, -0.2) is 21.6 Å². The van der Waals surface area contributed by atoms with Gasteiger partial charge >= 0.3 is 0 Å². The Morgan fingerprint density at radius 1 is 1.33 bits per heavy atom. The lowest BCUT2D eigenvalue weighted by Gasteiger charge is -2.12. The molecular formula is C17H16IN3O3. The summed E-state index contributed by atoms with van der Waals surface area (Å²) in [4.78, 5) is 17.1. The maximum absolute atomic E-state index is 12.6. The van der Waals surface area contributed by atoms with Gasteiger partial charge < -0.3 is 15.2 Å². The van der Waals surface area contributed by atoms with Gasteiger partial charge in [0.25, 0.3) is 5.56 Å². The highest BCUT2D eigenvalue weighted by Gasteiger charge is 2.13. The molecule has 0 saturated carbocycles. The number of aliphatic hydroxyl groups is 1. The first-order chi connectivity index (χ1) is 11.7. The number of methoxy groups -OCH3 is 1. The van der Waals surface area contributed by atoms with Crippen molar-refractivity contribution in [3.8, 4) is 5.75 Å². The molecule has 0 aliphatic rings. The number of pyridine rings is 1. The van der Waals surface area contributed by atoms with E-state index in [-0.39, 0.29) is 11.1 Å². The van der Waals surface area contributed by atoms with E-state index < -0.39 is 6.61 Å². The monoisotopic (exact) mass is 437 g/mol. The van der Waals surface area contributed by atoms with E-state index in [4.69, 9.17) is 4.74 Å². The van der Waals surface area contributed by atoms with Crippen LogP contribution in [0.3, 0.4) is 0 Å². The maximum atomic E-state index is 12.6. The van der Waals surface area contributed by atoms with Crippen molar-refractivity contribution in [3.63, 3.8) is 0 Å². The van der Waals surface area contributed by atoms with Gasteiger partial charge in [0.05, 0.1) is 19.3 Å². The first-order valence-electron chi connectivity index (χ1n) is 7.28. The zero-order valence-corrected chi connectivity index (χ0v) is 15.1. The summed E-state index contributed by atoms with van der Waals surface area (Å²) in [5.74, 6) is 0.956. The molecule has 0 fully saturated rings. The van der Waals surface area contributed by atoms with Gasteiger partial charge in [-0.25, -0.2) is 4.98 Å². The Labute approximate surface area is 152 Å². The van der Waals surface area contributed by atoms with Crippen molar-refractivity contribution in [1.82, 2.24) is 9.38 Å². The maximum Gasteiger partial charge on any atom is 0.265 e. The Hall–Kier alpha value is -2.13. The highest BCUT2D eigenvalue weighted by Crippen LogP contribution is 2.21. The van der Waals surface area contributed by atoms with Crippen LogP contribution in [0.2, 0.25) is 0 Å². The van der Waals surface area contributed by atoms with Crippen LogP contribution in [-0.2, 0) is 11.0 Å². The number of ether oxygens (including phenoxy) is 1. The molecule has 0 spiro atoms. The van der Waals surface area contributed by atoms with Gasteiger partial charge in [-0.1, -0.05) is 34.7 Å². The number of nitrogens with one attached hydrogen (secondary N) is 1. The van der Waals surface area contributed by atoms with Crippen LogP contribution in [0.15, 0.2) is 47.4 Å². The molecule has 2 heterocycles. The molecule has 1 aromatic carbocycles. The highest BCUT2D eigenvalue weighted by molar-refractivity contribution is 14.1. The molecule has 0 radical (unpaired) electrons. The van der Waals surface area contributed by atoms with E-state index in [0.29, 0.717) is 17.2 Å². The van der Waals surface area contributed by atoms with Crippen LogP contribution >= 0.6 is 22.6 Å². The number of benzene rings is 1. The molecule has 0 saturated heterocycles. The minimum Gasteiger partial charge on any atom is -0.497 e. The number of nitrogens with zero attached hydrogens (tertiary/aromatic N) is 2.